The minimum Gasteiger partial charge on any atom is -0.486 e. The highest BCUT2D eigenvalue weighted by Crippen LogP contribution is 2.32. The van der Waals surface area contributed by atoms with E-state index in [4.69, 9.17) is 9.47 Å². The first-order valence-electron chi connectivity index (χ1n) is 8.98. The molecule has 2 aromatic carbocycles. The Morgan fingerprint density at radius 1 is 1.00 bits per heavy atom. The lowest BCUT2D eigenvalue weighted by Gasteiger charge is -2.22. The number of hydrogen-bond donors (Lipinski definition) is 1. The van der Waals surface area contributed by atoms with Crippen molar-refractivity contribution in [2.45, 2.75) is 27.2 Å². The number of rotatable bonds is 5. The first-order chi connectivity index (χ1) is 12.9. The van der Waals surface area contributed by atoms with Crippen LogP contribution in [0.5, 0.6) is 11.5 Å². The summed E-state index contributed by atoms with van der Waals surface area (Å²) in [4.78, 5) is 26.0. The predicted molar refractivity (Wildman–Crippen MR) is 105 cm³/mol. The maximum atomic E-state index is 12.4. The average Bonchev–Trinajstić information content (AvgIpc) is 2.60. The van der Waals surface area contributed by atoms with E-state index < -0.39 is 0 Å². The van der Waals surface area contributed by atoms with Crippen molar-refractivity contribution in [3.05, 3.63) is 47.5 Å². The Morgan fingerprint density at radius 2 is 1.67 bits per heavy atom. The number of fused-ring (bicyclic) bond motifs is 1. The van der Waals surface area contributed by atoms with E-state index in [-0.39, 0.29) is 18.2 Å². The summed E-state index contributed by atoms with van der Waals surface area (Å²) in [7, 11) is 0. The highest BCUT2D eigenvalue weighted by molar-refractivity contribution is 5.95. The van der Waals surface area contributed by atoms with Crippen molar-refractivity contribution in [2.75, 3.05) is 30.0 Å². The number of nitrogens with zero attached hydrogens (tertiary/aromatic N) is 1. The highest BCUT2D eigenvalue weighted by atomic mass is 16.6. The van der Waals surface area contributed by atoms with E-state index in [1.54, 1.807) is 23.1 Å². The molecule has 27 heavy (non-hydrogen) atoms. The van der Waals surface area contributed by atoms with Gasteiger partial charge in [-0.05, 0) is 49.2 Å². The molecule has 142 valence electrons. The topological polar surface area (TPSA) is 67.9 Å². The van der Waals surface area contributed by atoms with Gasteiger partial charge in [0.25, 0.3) is 0 Å². The zero-order chi connectivity index (χ0) is 19.4. The van der Waals surface area contributed by atoms with E-state index in [9.17, 15) is 9.59 Å². The zero-order valence-corrected chi connectivity index (χ0v) is 15.9. The molecule has 1 heterocycles. The molecule has 0 saturated heterocycles. The Bertz CT molecular complexity index is 843. The van der Waals surface area contributed by atoms with Gasteiger partial charge in [-0.1, -0.05) is 6.07 Å². The molecular formula is C21H24N2O4. The van der Waals surface area contributed by atoms with Crippen LogP contribution < -0.4 is 19.7 Å². The van der Waals surface area contributed by atoms with Crippen molar-refractivity contribution >= 4 is 23.2 Å². The Labute approximate surface area is 159 Å². The summed E-state index contributed by atoms with van der Waals surface area (Å²) in [6, 6.07) is 11.3. The van der Waals surface area contributed by atoms with Crippen molar-refractivity contribution in [3.63, 3.8) is 0 Å². The van der Waals surface area contributed by atoms with Crippen LogP contribution in [0.15, 0.2) is 36.4 Å². The number of hydrogen-bond acceptors (Lipinski definition) is 4. The van der Waals surface area contributed by atoms with Crippen LogP contribution in [0.2, 0.25) is 0 Å². The third kappa shape index (κ3) is 4.78. The summed E-state index contributed by atoms with van der Waals surface area (Å²) in [6.07, 6.45) is 0.195. The standard InChI is InChI=1S/C21H24N2O4/c1-14-10-15(2)12-18(11-14)23(16(3)24)7-6-21(25)22-17-4-5-19-20(13-17)27-9-8-26-19/h4-5,10-13H,6-9H2,1-3H3,(H,22,25). The van der Waals surface area contributed by atoms with E-state index in [0.717, 1.165) is 16.8 Å². The SMILES string of the molecule is CC(=O)N(CCC(=O)Nc1ccc2c(c1)OCCO2)c1cc(C)cc(C)c1. The number of anilines is 2. The van der Waals surface area contributed by atoms with Crippen LogP contribution in [0.4, 0.5) is 11.4 Å². The summed E-state index contributed by atoms with van der Waals surface area (Å²) in [5.74, 6) is 1.05. The molecule has 0 aromatic heterocycles. The van der Waals surface area contributed by atoms with E-state index >= 15 is 0 Å². The normalized spacial score (nSPS) is 12.4. The molecule has 6 nitrogen and oxygen atoms in total. The molecule has 2 amide bonds. The smallest absolute Gasteiger partial charge is 0.226 e. The number of amides is 2. The van der Waals surface area contributed by atoms with Crippen molar-refractivity contribution in [1.82, 2.24) is 0 Å². The average molecular weight is 368 g/mol. The minimum atomic E-state index is -0.165. The zero-order valence-electron chi connectivity index (χ0n) is 15.9. The second-order valence-electron chi connectivity index (χ2n) is 6.67. The molecule has 6 heteroatoms. The lowest BCUT2D eigenvalue weighted by molar-refractivity contribution is -0.117. The van der Waals surface area contributed by atoms with Gasteiger partial charge < -0.3 is 19.7 Å². The molecule has 3 rings (SSSR count). The van der Waals surface area contributed by atoms with Crippen LogP contribution in [0.25, 0.3) is 0 Å². The highest BCUT2D eigenvalue weighted by Gasteiger charge is 2.16. The molecule has 0 spiro atoms. The second kappa shape index (κ2) is 8.12. The molecule has 0 bridgehead atoms. The first kappa shape index (κ1) is 18.8. The lowest BCUT2D eigenvalue weighted by atomic mass is 10.1. The quantitative estimate of drug-likeness (QED) is 0.878. The fourth-order valence-corrected chi connectivity index (χ4v) is 3.13. The Hall–Kier alpha value is -3.02. The monoisotopic (exact) mass is 368 g/mol. The van der Waals surface area contributed by atoms with Gasteiger partial charge >= 0.3 is 0 Å². The van der Waals surface area contributed by atoms with Gasteiger partial charge in [0.2, 0.25) is 11.8 Å². The Kier molecular flexibility index (Phi) is 5.64. The summed E-state index contributed by atoms with van der Waals surface area (Å²) in [6.45, 7) is 6.82. The van der Waals surface area contributed by atoms with Crippen LogP contribution >= 0.6 is 0 Å². The molecule has 0 unspecified atom stereocenters. The van der Waals surface area contributed by atoms with Gasteiger partial charge in [0.1, 0.15) is 13.2 Å². The van der Waals surface area contributed by atoms with Gasteiger partial charge in [-0.2, -0.15) is 0 Å². The fourth-order valence-electron chi connectivity index (χ4n) is 3.13. The molecule has 1 aliphatic heterocycles. The van der Waals surface area contributed by atoms with Crippen LogP contribution in [0.3, 0.4) is 0 Å². The van der Waals surface area contributed by atoms with Gasteiger partial charge in [-0.3, -0.25) is 9.59 Å². The maximum absolute atomic E-state index is 12.4. The van der Waals surface area contributed by atoms with Crippen LogP contribution in [0.1, 0.15) is 24.5 Å². The number of nitrogens with one attached hydrogen (secondary N) is 1. The number of benzene rings is 2. The van der Waals surface area contributed by atoms with Crippen molar-refractivity contribution in [2.24, 2.45) is 0 Å². The van der Waals surface area contributed by atoms with Crippen molar-refractivity contribution < 1.29 is 19.1 Å². The molecule has 0 saturated carbocycles. The van der Waals surface area contributed by atoms with Crippen molar-refractivity contribution in [3.8, 4) is 11.5 Å². The van der Waals surface area contributed by atoms with Crippen LogP contribution in [0, 0.1) is 13.8 Å². The van der Waals surface area contributed by atoms with Crippen LogP contribution in [-0.4, -0.2) is 31.6 Å². The summed E-state index contributed by atoms with van der Waals surface area (Å²) in [5.41, 5.74) is 3.62. The molecule has 0 fully saturated rings. The number of carbonyl (C=O) groups is 2. The molecule has 2 aromatic rings. The van der Waals surface area contributed by atoms with Gasteiger partial charge in [-0.15, -0.1) is 0 Å². The predicted octanol–water partition coefficient (Wildman–Crippen LogP) is 3.46. The van der Waals surface area contributed by atoms with Gasteiger partial charge in [0.05, 0.1) is 0 Å². The Balaban J connectivity index is 1.63. The molecule has 1 N–H and O–H groups in total. The Morgan fingerprint density at radius 3 is 2.33 bits per heavy atom. The fraction of sp³-hybridized carbons (Fsp3) is 0.333. The van der Waals surface area contributed by atoms with Crippen LogP contribution in [-0.2, 0) is 9.59 Å². The molecular weight excluding hydrogens is 344 g/mol. The number of ether oxygens (including phenoxy) is 2. The third-order valence-electron chi connectivity index (χ3n) is 4.29. The molecule has 1 aliphatic rings. The number of aryl methyl sites for hydroxylation is 2. The summed E-state index contributed by atoms with van der Waals surface area (Å²) >= 11 is 0. The lowest BCUT2D eigenvalue weighted by Crippen LogP contribution is -2.32. The first-order valence-corrected chi connectivity index (χ1v) is 8.98. The van der Waals surface area contributed by atoms with Gasteiger partial charge in [0.15, 0.2) is 11.5 Å². The minimum absolute atomic E-state index is 0.0906. The van der Waals surface area contributed by atoms with E-state index in [2.05, 4.69) is 11.4 Å². The van der Waals surface area contributed by atoms with E-state index in [1.165, 1.54) is 6.92 Å². The molecule has 0 atom stereocenters. The second-order valence-corrected chi connectivity index (χ2v) is 6.67. The molecule has 0 radical (unpaired) electrons. The third-order valence-corrected chi connectivity index (χ3v) is 4.29. The van der Waals surface area contributed by atoms with E-state index in [1.807, 2.05) is 26.0 Å². The largest absolute Gasteiger partial charge is 0.486 e. The summed E-state index contributed by atoms with van der Waals surface area (Å²) in [5, 5.41) is 2.85. The maximum Gasteiger partial charge on any atom is 0.226 e. The molecule has 0 aliphatic carbocycles. The summed E-state index contributed by atoms with van der Waals surface area (Å²) < 4.78 is 11.0. The van der Waals surface area contributed by atoms with Gasteiger partial charge in [-0.25, -0.2) is 0 Å². The van der Waals surface area contributed by atoms with Gasteiger partial charge in [0, 0.05) is 37.3 Å². The van der Waals surface area contributed by atoms with Crippen molar-refractivity contribution in [1.29, 1.82) is 0 Å². The number of carbonyl (C=O) groups excluding carboxylic acids is 2. The van der Waals surface area contributed by atoms with E-state index in [0.29, 0.717) is 36.9 Å².